The summed E-state index contributed by atoms with van der Waals surface area (Å²) in [6.45, 7) is 4.90. The van der Waals surface area contributed by atoms with Gasteiger partial charge in [0, 0.05) is 11.8 Å². The number of ether oxygens (including phenoxy) is 1. The van der Waals surface area contributed by atoms with Crippen LogP contribution in [0, 0.1) is 11.8 Å². The Hall–Kier alpha value is -4.26. The Morgan fingerprint density at radius 3 is 1.93 bits per heavy atom. The number of aryl methyl sites for hydroxylation is 2. The fourth-order valence-corrected chi connectivity index (χ4v) is 5.66. The van der Waals surface area contributed by atoms with Gasteiger partial charge >= 0.3 is 12.1 Å². The Morgan fingerprint density at radius 2 is 1.45 bits per heavy atom. The van der Waals surface area contributed by atoms with Crippen LogP contribution in [0.1, 0.15) is 51.7 Å². The van der Waals surface area contributed by atoms with Gasteiger partial charge in [0.15, 0.2) is 5.78 Å². The number of carbonyl (C=O) groups excluding carboxylic acids is 4. The van der Waals surface area contributed by atoms with Gasteiger partial charge in [0.05, 0.1) is 18.2 Å². The van der Waals surface area contributed by atoms with Gasteiger partial charge in [-0.2, -0.15) is 4.31 Å². The molecule has 2 rings (SSSR count). The van der Waals surface area contributed by atoms with Gasteiger partial charge in [-0.05, 0) is 51.2 Å². The maximum atomic E-state index is 13.4. The van der Waals surface area contributed by atoms with Crippen LogP contribution in [0.3, 0.4) is 0 Å². The first-order chi connectivity index (χ1) is 20.5. The quantitative estimate of drug-likeness (QED) is 0.250. The Balaban J connectivity index is 2.26. The number of Topliss-reactive ketones (excluding diaryl/α,β-unsaturated/α-hetero) is 1. The molecule has 0 radical (unpaired) electrons. The van der Waals surface area contributed by atoms with Crippen molar-refractivity contribution in [2.24, 2.45) is 17.6 Å². The molecule has 240 valence electrons. The molecule has 0 aliphatic carbocycles. The zero-order chi connectivity index (χ0) is 33.1. The number of aliphatic carboxylic acids is 1. The van der Waals surface area contributed by atoms with Gasteiger partial charge in [-0.15, -0.1) is 0 Å². The predicted molar refractivity (Wildman–Crippen MR) is 163 cm³/mol. The standard InChI is InChI=1S/C31H41N3O9S/c1-21(24(28(32)38)16-15-22-11-7-5-8-12-22)29(39)33-25(19-27(36)37)26(35)20-34(30(40)43-31(2,3)4)44(41,42)18-17-23-13-9-6-10-14-23/h5-14,21,24-25H,15-20H2,1-4H3,(H2,32,38)(H,33,39)(H,36,37). The molecular formula is C31H41N3O9S. The van der Waals surface area contributed by atoms with E-state index < -0.39 is 81.9 Å². The Labute approximate surface area is 258 Å². The third-order valence-corrected chi connectivity index (χ3v) is 8.45. The van der Waals surface area contributed by atoms with E-state index in [9.17, 15) is 37.5 Å². The molecule has 0 heterocycles. The van der Waals surface area contributed by atoms with Gasteiger partial charge in [-0.25, -0.2) is 13.2 Å². The normalized spacial score (nSPS) is 13.6. The minimum absolute atomic E-state index is 0.0287. The van der Waals surface area contributed by atoms with Crippen molar-refractivity contribution in [2.75, 3.05) is 12.3 Å². The Kier molecular flexibility index (Phi) is 13.1. The summed E-state index contributed by atoms with van der Waals surface area (Å²) < 4.78 is 32.1. The van der Waals surface area contributed by atoms with Crippen molar-refractivity contribution in [3.63, 3.8) is 0 Å². The number of benzene rings is 2. The molecule has 0 saturated heterocycles. The molecule has 0 aliphatic heterocycles. The first kappa shape index (κ1) is 35.9. The number of hydrogen-bond acceptors (Lipinski definition) is 8. The number of hydrogen-bond donors (Lipinski definition) is 3. The molecule has 4 N–H and O–H groups in total. The molecular weight excluding hydrogens is 590 g/mol. The van der Waals surface area contributed by atoms with Gasteiger partial charge in [-0.1, -0.05) is 67.6 Å². The average Bonchev–Trinajstić information content (AvgIpc) is 2.94. The van der Waals surface area contributed by atoms with E-state index in [1.54, 1.807) is 30.3 Å². The number of primary amides is 1. The molecule has 0 fully saturated rings. The lowest BCUT2D eigenvalue weighted by Crippen LogP contribution is -2.52. The minimum atomic E-state index is -4.44. The van der Waals surface area contributed by atoms with Crippen LogP contribution in [-0.4, -0.2) is 71.4 Å². The van der Waals surface area contributed by atoms with E-state index in [0.717, 1.165) is 5.56 Å². The minimum Gasteiger partial charge on any atom is -0.481 e. The van der Waals surface area contributed by atoms with Crippen LogP contribution in [0.2, 0.25) is 0 Å². The first-order valence-corrected chi connectivity index (χ1v) is 15.8. The number of ketones is 1. The van der Waals surface area contributed by atoms with E-state index in [2.05, 4.69) is 5.32 Å². The van der Waals surface area contributed by atoms with Gasteiger partial charge < -0.3 is 20.9 Å². The summed E-state index contributed by atoms with van der Waals surface area (Å²) in [4.78, 5) is 63.4. The van der Waals surface area contributed by atoms with E-state index in [4.69, 9.17) is 10.5 Å². The molecule has 3 amide bonds. The molecule has 0 bridgehead atoms. The maximum Gasteiger partial charge on any atom is 0.424 e. The number of nitrogens with zero attached hydrogens (tertiary/aromatic N) is 1. The van der Waals surface area contributed by atoms with E-state index in [0.29, 0.717) is 12.0 Å². The van der Waals surface area contributed by atoms with Crippen LogP contribution < -0.4 is 11.1 Å². The molecule has 2 aromatic carbocycles. The monoisotopic (exact) mass is 631 g/mol. The van der Waals surface area contributed by atoms with Crippen molar-refractivity contribution < 1.29 is 42.2 Å². The highest BCUT2D eigenvalue weighted by atomic mass is 32.2. The Bertz CT molecular complexity index is 1410. The number of carboxylic acid groups (broad SMARTS) is 1. The third kappa shape index (κ3) is 11.8. The highest BCUT2D eigenvalue weighted by molar-refractivity contribution is 7.89. The molecule has 44 heavy (non-hydrogen) atoms. The summed E-state index contributed by atoms with van der Waals surface area (Å²) >= 11 is 0. The number of nitrogens with one attached hydrogen (secondary N) is 1. The fourth-order valence-electron chi connectivity index (χ4n) is 4.35. The SMILES string of the molecule is CC(C(=O)NC(CC(=O)O)C(=O)CN(C(=O)OC(C)(C)C)S(=O)(=O)CCc1ccccc1)C(CCc1ccccc1)C(N)=O. The molecule has 12 nitrogen and oxygen atoms in total. The van der Waals surface area contributed by atoms with Crippen molar-refractivity contribution >= 4 is 39.7 Å². The van der Waals surface area contributed by atoms with Crippen LogP contribution in [0.25, 0.3) is 0 Å². The van der Waals surface area contributed by atoms with E-state index in [1.165, 1.54) is 27.7 Å². The first-order valence-electron chi connectivity index (χ1n) is 14.2. The number of carboxylic acids is 1. The third-order valence-electron chi connectivity index (χ3n) is 6.78. The van der Waals surface area contributed by atoms with Crippen molar-refractivity contribution in [3.05, 3.63) is 71.8 Å². The number of rotatable bonds is 16. The van der Waals surface area contributed by atoms with Crippen molar-refractivity contribution in [1.82, 2.24) is 9.62 Å². The number of carbonyl (C=O) groups is 5. The van der Waals surface area contributed by atoms with Crippen LogP contribution in [0.5, 0.6) is 0 Å². The van der Waals surface area contributed by atoms with Crippen LogP contribution in [0.4, 0.5) is 4.79 Å². The summed E-state index contributed by atoms with van der Waals surface area (Å²) in [6.07, 6.45) is -1.52. The van der Waals surface area contributed by atoms with E-state index in [1.807, 2.05) is 30.3 Å². The molecule has 0 aliphatic rings. The van der Waals surface area contributed by atoms with E-state index in [-0.39, 0.29) is 17.1 Å². The van der Waals surface area contributed by atoms with Crippen molar-refractivity contribution in [3.8, 4) is 0 Å². The maximum absolute atomic E-state index is 13.4. The van der Waals surface area contributed by atoms with Gasteiger partial charge in [0.2, 0.25) is 21.8 Å². The highest BCUT2D eigenvalue weighted by Crippen LogP contribution is 2.20. The lowest BCUT2D eigenvalue weighted by molar-refractivity contribution is -0.141. The molecule has 3 unspecified atom stereocenters. The zero-order valence-electron chi connectivity index (χ0n) is 25.4. The lowest BCUT2D eigenvalue weighted by Gasteiger charge is -2.28. The average molecular weight is 632 g/mol. The second kappa shape index (κ2) is 16.0. The second-order valence-electron chi connectivity index (χ2n) is 11.5. The molecule has 0 aromatic heterocycles. The smallest absolute Gasteiger partial charge is 0.424 e. The lowest BCUT2D eigenvalue weighted by atomic mass is 9.86. The largest absolute Gasteiger partial charge is 0.481 e. The van der Waals surface area contributed by atoms with Crippen LogP contribution in [-0.2, 0) is 46.8 Å². The van der Waals surface area contributed by atoms with Crippen molar-refractivity contribution in [2.45, 2.75) is 65.0 Å². The molecule has 0 spiro atoms. The van der Waals surface area contributed by atoms with Crippen LogP contribution >= 0.6 is 0 Å². The summed E-state index contributed by atoms with van der Waals surface area (Å²) in [5, 5.41) is 11.8. The summed E-state index contributed by atoms with van der Waals surface area (Å²) in [5.41, 5.74) is 6.06. The number of amides is 3. The van der Waals surface area contributed by atoms with Crippen molar-refractivity contribution in [1.29, 1.82) is 0 Å². The fraction of sp³-hybridized carbons (Fsp3) is 0.452. The molecule has 13 heteroatoms. The molecule has 2 aromatic rings. The highest BCUT2D eigenvalue weighted by Gasteiger charge is 2.37. The van der Waals surface area contributed by atoms with E-state index >= 15 is 0 Å². The topological polar surface area (TPSA) is 190 Å². The van der Waals surface area contributed by atoms with Gasteiger partial charge in [0.25, 0.3) is 0 Å². The number of sulfonamides is 1. The number of nitrogens with two attached hydrogens (primary N) is 1. The molecule has 0 saturated carbocycles. The zero-order valence-corrected chi connectivity index (χ0v) is 26.2. The van der Waals surface area contributed by atoms with Crippen LogP contribution in [0.15, 0.2) is 60.7 Å². The second-order valence-corrected chi connectivity index (χ2v) is 13.5. The van der Waals surface area contributed by atoms with Gasteiger partial charge in [-0.3, -0.25) is 19.2 Å². The summed E-state index contributed by atoms with van der Waals surface area (Å²) in [5.74, 6) is -6.60. The Morgan fingerprint density at radius 1 is 0.932 bits per heavy atom. The molecule has 3 atom stereocenters. The summed E-state index contributed by atoms with van der Waals surface area (Å²) in [6, 6.07) is 16.1. The predicted octanol–water partition coefficient (Wildman–Crippen LogP) is 2.70. The van der Waals surface area contributed by atoms with Gasteiger partial charge in [0.1, 0.15) is 12.1 Å². The summed E-state index contributed by atoms with van der Waals surface area (Å²) in [7, 11) is -4.44.